The van der Waals surface area contributed by atoms with E-state index < -0.39 is 0 Å². The van der Waals surface area contributed by atoms with Crippen molar-refractivity contribution in [2.75, 3.05) is 33.1 Å². The maximum absolute atomic E-state index is 3.17. The molecule has 105 valence electrons. The molecule has 0 fully saturated rings. The molecule has 0 N–H and O–H groups in total. The summed E-state index contributed by atoms with van der Waals surface area (Å²) >= 11 is 0. The van der Waals surface area contributed by atoms with Gasteiger partial charge in [-0.2, -0.15) is 0 Å². The Balaban J connectivity index is 2.31. The average molecular weight is 267 g/mol. The monoisotopic (exact) mass is 267 g/mol. The Morgan fingerprint density at radius 2 is 1.60 bits per heavy atom. The molecule has 1 radical (unpaired) electrons. The van der Waals surface area contributed by atoms with E-state index in [0.29, 0.717) is 0 Å². The number of anilines is 1. The van der Waals surface area contributed by atoms with Crippen LogP contribution in [0.25, 0.3) is 0 Å². The maximum Gasteiger partial charge on any atom is 0.0403 e. The molecule has 0 saturated carbocycles. The Morgan fingerprint density at radius 3 is 2.25 bits per heavy atom. The van der Waals surface area contributed by atoms with Crippen LogP contribution in [0.4, 0.5) is 5.69 Å². The molecular weight excluding hydrogens is 244 g/mol. The standard InChI is InChI=1S/C18H23N2/c1-19(2)14-17-11-6-5-9-15(17)13-16-10-7-8-12-18(16)20(3)4/h5-7,9-12H,13-14H2,1-4H3. The van der Waals surface area contributed by atoms with E-state index in [4.69, 9.17) is 0 Å². The summed E-state index contributed by atoms with van der Waals surface area (Å²) in [6.45, 7) is 0.979. The van der Waals surface area contributed by atoms with E-state index in [1.807, 2.05) is 6.07 Å². The van der Waals surface area contributed by atoms with Crippen molar-refractivity contribution in [2.45, 2.75) is 13.0 Å². The molecule has 2 aromatic carbocycles. The molecule has 0 bridgehead atoms. The molecule has 0 aliphatic carbocycles. The first-order chi connectivity index (χ1) is 9.58. The predicted molar refractivity (Wildman–Crippen MR) is 86.2 cm³/mol. The van der Waals surface area contributed by atoms with Crippen LogP contribution in [-0.2, 0) is 13.0 Å². The molecule has 0 aliphatic rings. The second-order valence-corrected chi connectivity index (χ2v) is 5.63. The van der Waals surface area contributed by atoms with Gasteiger partial charge in [0.25, 0.3) is 0 Å². The molecule has 0 aliphatic heterocycles. The van der Waals surface area contributed by atoms with E-state index in [1.165, 1.54) is 22.4 Å². The highest BCUT2D eigenvalue weighted by Gasteiger charge is 2.08. The Kier molecular flexibility index (Phi) is 4.80. The Morgan fingerprint density at radius 1 is 0.900 bits per heavy atom. The van der Waals surface area contributed by atoms with Crippen molar-refractivity contribution >= 4 is 5.69 Å². The van der Waals surface area contributed by atoms with Gasteiger partial charge in [0.2, 0.25) is 0 Å². The van der Waals surface area contributed by atoms with Crippen molar-refractivity contribution < 1.29 is 0 Å². The van der Waals surface area contributed by atoms with Gasteiger partial charge >= 0.3 is 0 Å². The number of nitrogens with zero attached hydrogens (tertiary/aromatic N) is 2. The largest absolute Gasteiger partial charge is 0.377 e. The lowest BCUT2D eigenvalue weighted by atomic mass is 9.98. The minimum atomic E-state index is 0.964. The lowest BCUT2D eigenvalue weighted by Gasteiger charge is -2.19. The molecule has 2 nitrogen and oxygen atoms in total. The summed E-state index contributed by atoms with van der Waals surface area (Å²) in [7, 11) is 8.38. The van der Waals surface area contributed by atoms with Gasteiger partial charge in [0.15, 0.2) is 0 Å². The fourth-order valence-electron chi connectivity index (χ4n) is 2.45. The number of hydrogen-bond acceptors (Lipinski definition) is 2. The predicted octanol–water partition coefficient (Wildman–Crippen LogP) is 3.21. The van der Waals surface area contributed by atoms with Crippen LogP contribution < -0.4 is 4.90 Å². The van der Waals surface area contributed by atoms with Gasteiger partial charge in [0.05, 0.1) is 0 Å². The summed E-state index contributed by atoms with van der Waals surface area (Å²) in [5.41, 5.74) is 5.39. The van der Waals surface area contributed by atoms with Crippen molar-refractivity contribution in [3.05, 3.63) is 65.2 Å². The lowest BCUT2D eigenvalue weighted by Crippen LogP contribution is -2.14. The van der Waals surface area contributed by atoms with Crippen molar-refractivity contribution in [1.29, 1.82) is 0 Å². The van der Waals surface area contributed by atoms with E-state index in [0.717, 1.165) is 13.0 Å². The number of rotatable bonds is 5. The minimum Gasteiger partial charge on any atom is -0.377 e. The topological polar surface area (TPSA) is 6.48 Å². The van der Waals surface area contributed by atoms with Crippen LogP contribution in [0, 0.1) is 6.07 Å². The van der Waals surface area contributed by atoms with Gasteiger partial charge in [-0.05, 0) is 49.3 Å². The van der Waals surface area contributed by atoms with Gasteiger partial charge in [-0.1, -0.05) is 36.4 Å². The zero-order valence-corrected chi connectivity index (χ0v) is 12.9. The average Bonchev–Trinajstić information content (AvgIpc) is 2.41. The third-order valence-electron chi connectivity index (χ3n) is 3.40. The van der Waals surface area contributed by atoms with Crippen molar-refractivity contribution in [1.82, 2.24) is 4.90 Å². The molecule has 2 heteroatoms. The third-order valence-corrected chi connectivity index (χ3v) is 3.40. The fraction of sp³-hybridized carbons (Fsp3) is 0.333. The molecule has 0 atom stereocenters. The molecule has 0 spiro atoms. The Labute approximate surface area is 122 Å². The van der Waals surface area contributed by atoms with Crippen LogP contribution >= 0.6 is 0 Å². The van der Waals surface area contributed by atoms with Crippen molar-refractivity contribution in [2.24, 2.45) is 0 Å². The highest BCUT2D eigenvalue weighted by Crippen LogP contribution is 2.23. The molecule has 0 amide bonds. The maximum atomic E-state index is 3.17. The van der Waals surface area contributed by atoms with E-state index in [-0.39, 0.29) is 0 Å². The lowest BCUT2D eigenvalue weighted by molar-refractivity contribution is 0.401. The van der Waals surface area contributed by atoms with Crippen LogP contribution in [0.15, 0.2) is 42.5 Å². The first kappa shape index (κ1) is 14.6. The summed E-state index contributed by atoms with van der Waals surface area (Å²) < 4.78 is 0. The molecule has 2 aromatic rings. The van der Waals surface area contributed by atoms with Crippen molar-refractivity contribution in [3.8, 4) is 0 Å². The quantitative estimate of drug-likeness (QED) is 0.821. The number of hydrogen-bond donors (Lipinski definition) is 0. The fourth-order valence-corrected chi connectivity index (χ4v) is 2.45. The third kappa shape index (κ3) is 3.61. The van der Waals surface area contributed by atoms with Gasteiger partial charge in [-0.3, -0.25) is 0 Å². The van der Waals surface area contributed by atoms with E-state index in [9.17, 15) is 0 Å². The normalized spacial score (nSPS) is 10.8. The number of benzene rings is 2. The van der Waals surface area contributed by atoms with Gasteiger partial charge in [0.1, 0.15) is 0 Å². The zero-order chi connectivity index (χ0) is 14.5. The summed E-state index contributed by atoms with van der Waals surface area (Å²) in [6, 6.07) is 18.1. The SMILES string of the molecule is CN(C)Cc1ccccc1Cc1cc[c]cc1N(C)C. The Hall–Kier alpha value is -1.80. The van der Waals surface area contributed by atoms with Crippen LogP contribution in [0.2, 0.25) is 0 Å². The van der Waals surface area contributed by atoms with Crippen LogP contribution in [0.3, 0.4) is 0 Å². The molecule has 2 rings (SSSR count). The highest BCUT2D eigenvalue weighted by atomic mass is 15.1. The highest BCUT2D eigenvalue weighted by molar-refractivity contribution is 5.54. The summed E-state index contributed by atoms with van der Waals surface area (Å²) in [5, 5.41) is 0. The van der Waals surface area contributed by atoms with Crippen molar-refractivity contribution in [3.63, 3.8) is 0 Å². The molecule has 20 heavy (non-hydrogen) atoms. The van der Waals surface area contributed by atoms with Gasteiger partial charge in [0, 0.05) is 26.3 Å². The molecular formula is C18H23N2. The molecule has 0 saturated heterocycles. The van der Waals surface area contributed by atoms with Crippen LogP contribution in [-0.4, -0.2) is 33.1 Å². The molecule has 0 heterocycles. The van der Waals surface area contributed by atoms with Gasteiger partial charge in [-0.25, -0.2) is 0 Å². The summed E-state index contributed by atoms with van der Waals surface area (Å²) in [4.78, 5) is 4.37. The second-order valence-electron chi connectivity index (χ2n) is 5.63. The Bertz CT molecular complexity index is 559. The van der Waals surface area contributed by atoms with Crippen LogP contribution in [0.1, 0.15) is 16.7 Å². The van der Waals surface area contributed by atoms with Gasteiger partial charge < -0.3 is 9.80 Å². The first-order valence-electron chi connectivity index (χ1n) is 6.95. The van der Waals surface area contributed by atoms with Gasteiger partial charge in [-0.15, -0.1) is 0 Å². The molecule has 0 aromatic heterocycles. The first-order valence-corrected chi connectivity index (χ1v) is 6.95. The summed E-state index contributed by atoms with van der Waals surface area (Å²) in [6.07, 6.45) is 0.964. The zero-order valence-electron chi connectivity index (χ0n) is 12.9. The minimum absolute atomic E-state index is 0.964. The van der Waals surface area contributed by atoms with Crippen LogP contribution in [0.5, 0.6) is 0 Å². The van der Waals surface area contributed by atoms with E-state index >= 15 is 0 Å². The van der Waals surface area contributed by atoms with E-state index in [1.54, 1.807) is 0 Å². The second kappa shape index (κ2) is 6.58. The summed E-state index contributed by atoms with van der Waals surface area (Å²) in [5.74, 6) is 0. The van der Waals surface area contributed by atoms with E-state index in [2.05, 4.69) is 80.5 Å². The smallest absolute Gasteiger partial charge is 0.0403 e. The molecule has 0 unspecified atom stereocenters.